The van der Waals surface area contributed by atoms with E-state index in [4.69, 9.17) is 0 Å². The molecule has 0 amide bonds. The van der Waals surface area contributed by atoms with Gasteiger partial charge in [0.05, 0.1) is 0 Å². The van der Waals surface area contributed by atoms with Gasteiger partial charge in [-0.05, 0) is 19.6 Å². The Hall–Kier alpha value is -0.590. The summed E-state index contributed by atoms with van der Waals surface area (Å²) in [5, 5.41) is 0. The molecule has 0 atom stereocenters. The maximum absolute atomic E-state index is 3.97. The van der Waals surface area contributed by atoms with E-state index in [1.807, 2.05) is 19.2 Å². The molecule has 0 rings (SSSR count). The van der Waals surface area contributed by atoms with Crippen molar-refractivity contribution in [2.24, 2.45) is 4.99 Å². The topological polar surface area (TPSA) is 12.4 Å². The molecule has 0 N–H and O–H groups in total. The third kappa shape index (κ3) is 5.41. The summed E-state index contributed by atoms with van der Waals surface area (Å²) in [5.74, 6) is 0. The molecule has 0 aliphatic rings. The first-order valence-corrected chi connectivity index (χ1v) is 2.47. The Morgan fingerprint density at radius 1 is 1.71 bits per heavy atom. The van der Waals surface area contributed by atoms with Crippen LogP contribution in [-0.2, 0) is 0 Å². The zero-order valence-corrected chi connectivity index (χ0v) is 4.72. The van der Waals surface area contributed by atoms with Crippen LogP contribution in [0, 0.1) is 0 Å². The van der Waals surface area contributed by atoms with Gasteiger partial charge in [0, 0.05) is 6.54 Å². The minimum atomic E-state index is 0.889. The summed E-state index contributed by atoms with van der Waals surface area (Å²) in [5.41, 5.74) is 0. The van der Waals surface area contributed by atoms with E-state index in [2.05, 4.69) is 11.6 Å². The number of hydrogen-bond donors (Lipinski definition) is 0. The highest BCUT2D eigenvalue weighted by molar-refractivity contribution is 5.53. The second-order valence-electron chi connectivity index (χ2n) is 1.24. The predicted octanol–water partition coefficient (Wildman–Crippen LogP) is 1.65. The maximum atomic E-state index is 3.97. The Morgan fingerprint density at radius 2 is 2.43 bits per heavy atom. The molecule has 0 fully saturated rings. The summed E-state index contributed by atoms with van der Waals surface area (Å²) >= 11 is 0. The zero-order valence-electron chi connectivity index (χ0n) is 4.72. The highest BCUT2D eigenvalue weighted by Crippen LogP contribution is 1.77. The molecular formula is C6H11N. The quantitative estimate of drug-likeness (QED) is 0.288. The van der Waals surface area contributed by atoms with Crippen molar-refractivity contribution in [3.8, 4) is 0 Å². The van der Waals surface area contributed by atoms with Gasteiger partial charge in [0.25, 0.3) is 0 Å². The van der Waals surface area contributed by atoms with E-state index in [0.717, 1.165) is 13.0 Å². The minimum Gasteiger partial charge on any atom is -0.298 e. The molecule has 0 radical (unpaired) electrons. The van der Waals surface area contributed by atoms with Crippen molar-refractivity contribution in [1.29, 1.82) is 0 Å². The Morgan fingerprint density at radius 3 is 2.86 bits per heavy atom. The highest BCUT2D eigenvalue weighted by atomic mass is 14.7. The summed E-state index contributed by atoms with van der Waals surface area (Å²) < 4.78 is 0. The second kappa shape index (κ2) is 5.41. The minimum absolute atomic E-state index is 0.889. The molecule has 0 heterocycles. The Kier molecular flexibility index (Phi) is 4.95. The van der Waals surface area contributed by atoms with Crippen LogP contribution in [0.15, 0.2) is 17.6 Å². The molecule has 1 heteroatoms. The largest absolute Gasteiger partial charge is 0.298 e. The summed E-state index contributed by atoms with van der Waals surface area (Å²) in [4.78, 5) is 3.97. The summed E-state index contributed by atoms with van der Waals surface area (Å²) in [7, 11) is 0. The van der Waals surface area contributed by atoms with Gasteiger partial charge in [-0.3, -0.25) is 4.99 Å². The number of aliphatic imine (C=N–C) groups is 1. The highest BCUT2D eigenvalue weighted by Gasteiger charge is 1.68. The van der Waals surface area contributed by atoms with Crippen molar-refractivity contribution < 1.29 is 0 Å². The molecular weight excluding hydrogens is 86.1 g/mol. The van der Waals surface area contributed by atoms with E-state index in [1.54, 1.807) is 0 Å². The fourth-order valence-corrected chi connectivity index (χ4v) is 0.295. The van der Waals surface area contributed by atoms with E-state index >= 15 is 0 Å². The standard InChI is InChI=1S/C6H11N/c1-3-5-6-7-4-2/h3-4H,1,5-6H2,2H3/b7-4-. The van der Waals surface area contributed by atoms with E-state index < -0.39 is 0 Å². The molecule has 40 valence electrons. The SMILES string of the molecule is C=CCC/N=C\C. The van der Waals surface area contributed by atoms with E-state index in [1.165, 1.54) is 0 Å². The van der Waals surface area contributed by atoms with Crippen molar-refractivity contribution in [3.05, 3.63) is 12.7 Å². The molecule has 0 saturated heterocycles. The van der Waals surface area contributed by atoms with Gasteiger partial charge in [0.1, 0.15) is 0 Å². The molecule has 1 nitrogen and oxygen atoms in total. The first-order valence-electron chi connectivity index (χ1n) is 2.47. The van der Waals surface area contributed by atoms with E-state index in [0.29, 0.717) is 0 Å². The molecule has 0 bridgehead atoms. The fourth-order valence-electron chi connectivity index (χ4n) is 0.295. The third-order valence-electron chi connectivity index (χ3n) is 0.645. The van der Waals surface area contributed by atoms with Gasteiger partial charge in [0.15, 0.2) is 0 Å². The smallest absolute Gasteiger partial charge is 0.0419 e. The summed E-state index contributed by atoms with van der Waals surface area (Å²) in [6.45, 7) is 6.37. The Labute approximate surface area is 44.8 Å². The summed E-state index contributed by atoms with van der Waals surface area (Å²) in [6.07, 6.45) is 4.67. The molecule has 7 heavy (non-hydrogen) atoms. The Balaban J connectivity index is 2.82. The average Bonchev–Trinajstić information content (AvgIpc) is 1.69. The number of hydrogen-bond acceptors (Lipinski definition) is 1. The van der Waals surface area contributed by atoms with Crippen molar-refractivity contribution >= 4 is 6.21 Å². The molecule has 0 aliphatic carbocycles. The molecule has 0 aromatic heterocycles. The average molecular weight is 97.2 g/mol. The lowest BCUT2D eigenvalue weighted by Crippen LogP contribution is -1.73. The van der Waals surface area contributed by atoms with Crippen molar-refractivity contribution in [1.82, 2.24) is 0 Å². The van der Waals surface area contributed by atoms with Crippen LogP contribution in [0.2, 0.25) is 0 Å². The van der Waals surface area contributed by atoms with Crippen molar-refractivity contribution in [2.75, 3.05) is 6.54 Å². The maximum Gasteiger partial charge on any atom is 0.0419 e. The number of nitrogens with zero attached hydrogens (tertiary/aromatic N) is 1. The fraction of sp³-hybridized carbons (Fsp3) is 0.500. The van der Waals surface area contributed by atoms with Crippen LogP contribution < -0.4 is 0 Å². The van der Waals surface area contributed by atoms with Crippen LogP contribution in [0.4, 0.5) is 0 Å². The van der Waals surface area contributed by atoms with Gasteiger partial charge in [-0.1, -0.05) is 6.08 Å². The van der Waals surface area contributed by atoms with Gasteiger partial charge >= 0.3 is 0 Å². The summed E-state index contributed by atoms with van der Waals surface area (Å²) in [6, 6.07) is 0. The van der Waals surface area contributed by atoms with Gasteiger partial charge in [-0.2, -0.15) is 0 Å². The van der Waals surface area contributed by atoms with Crippen LogP contribution in [0.1, 0.15) is 13.3 Å². The predicted molar refractivity (Wildman–Crippen MR) is 33.8 cm³/mol. The van der Waals surface area contributed by atoms with Gasteiger partial charge in [0.2, 0.25) is 0 Å². The lowest BCUT2D eigenvalue weighted by molar-refractivity contribution is 1.01. The van der Waals surface area contributed by atoms with Gasteiger partial charge in [-0.25, -0.2) is 0 Å². The van der Waals surface area contributed by atoms with Crippen LogP contribution >= 0.6 is 0 Å². The van der Waals surface area contributed by atoms with Gasteiger partial charge < -0.3 is 0 Å². The van der Waals surface area contributed by atoms with Crippen molar-refractivity contribution in [2.45, 2.75) is 13.3 Å². The molecule has 0 unspecified atom stereocenters. The zero-order chi connectivity index (χ0) is 5.54. The van der Waals surface area contributed by atoms with E-state index in [-0.39, 0.29) is 0 Å². The third-order valence-corrected chi connectivity index (χ3v) is 0.645. The first kappa shape index (κ1) is 6.41. The lowest BCUT2D eigenvalue weighted by atomic mass is 10.4. The monoisotopic (exact) mass is 97.1 g/mol. The molecule has 0 aliphatic heterocycles. The van der Waals surface area contributed by atoms with Gasteiger partial charge in [-0.15, -0.1) is 6.58 Å². The first-order chi connectivity index (χ1) is 3.41. The normalized spacial score (nSPS) is 9.86. The lowest BCUT2D eigenvalue weighted by Gasteiger charge is -1.80. The number of rotatable bonds is 3. The van der Waals surface area contributed by atoms with Crippen LogP contribution in [-0.4, -0.2) is 12.8 Å². The second-order valence-corrected chi connectivity index (χ2v) is 1.24. The molecule has 0 aromatic carbocycles. The molecule has 0 saturated carbocycles. The van der Waals surface area contributed by atoms with Crippen LogP contribution in [0.3, 0.4) is 0 Å². The molecule has 0 aromatic rings. The Bertz CT molecular complexity index is 64.6. The van der Waals surface area contributed by atoms with Crippen LogP contribution in [0.25, 0.3) is 0 Å². The van der Waals surface area contributed by atoms with E-state index in [9.17, 15) is 0 Å². The van der Waals surface area contributed by atoms with Crippen LogP contribution in [0.5, 0.6) is 0 Å². The molecule has 0 spiro atoms. The van der Waals surface area contributed by atoms with Crippen molar-refractivity contribution in [3.63, 3.8) is 0 Å².